The van der Waals surface area contributed by atoms with E-state index in [2.05, 4.69) is 38.9 Å². The predicted molar refractivity (Wildman–Crippen MR) is 103 cm³/mol. The van der Waals surface area contributed by atoms with E-state index < -0.39 is 0 Å². The zero-order chi connectivity index (χ0) is 17.5. The zero-order valence-corrected chi connectivity index (χ0v) is 15.4. The summed E-state index contributed by atoms with van der Waals surface area (Å²) in [5, 5.41) is 8.85. The molecule has 0 saturated heterocycles. The van der Waals surface area contributed by atoms with Gasteiger partial charge in [-0.25, -0.2) is 9.38 Å². The summed E-state index contributed by atoms with van der Waals surface area (Å²) in [6.45, 7) is 7.43. The molecule has 0 spiro atoms. The maximum atomic E-state index is 13.0. The summed E-state index contributed by atoms with van der Waals surface area (Å²) >= 11 is 1.87. The van der Waals surface area contributed by atoms with Crippen molar-refractivity contribution in [2.45, 2.75) is 26.4 Å². The van der Waals surface area contributed by atoms with E-state index in [4.69, 9.17) is 0 Å². The van der Waals surface area contributed by atoms with E-state index in [0.717, 1.165) is 50.7 Å². The lowest BCUT2D eigenvalue weighted by Gasteiger charge is -2.27. The standard InChI is InChI=1S/C19H25FN4S/c1-2-21-19(23-13-15-3-5-17(20)6-4-15)22-9-11-24-10-7-18-16(14-24)8-12-25-18/h3-6,8,12H,2,7,9-11,13-14H2,1H3,(H2,21,22,23). The summed E-state index contributed by atoms with van der Waals surface area (Å²) in [5.41, 5.74) is 2.48. The zero-order valence-electron chi connectivity index (χ0n) is 14.6. The third-order valence-corrected chi connectivity index (χ3v) is 5.31. The molecule has 0 atom stereocenters. The minimum absolute atomic E-state index is 0.215. The molecule has 0 radical (unpaired) electrons. The molecule has 1 aliphatic rings. The first-order chi connectivity index (χ1) is 12.2. The molecule has 2 aromatic rings. The largest absolute Gasteiger partial charge is 0.357 e. The number of fused-ring (bicyclic) bond motifs is 1. The van der Waals surface area contributed by atoms with E-state index in [1.165, 1.54) is 17.7 Å². The Morgan fingerprint density at radius 1 is 1.24 bits per heavy atom. The molecule has 0 unspecified atom stereocenters. The fourth-order valence-corrected chi connectivity index (χ4v) is 3.82. The van der Waals surface area contributed by atoms with Crippen LogP contribution in [0.5, 0.6) is 0 Å². The lowest BCUT2D eigenvalue weighted by Crippen LogP contribution is -2.42. The number of hydrogen-bond acceptors (Lipinski definition) is 3. The van der Waals surface area contributed by atoms with Crippen LogP contribution in [0.15, 0.2) is 40.7 Å². The molecule has 0 amide bonds. The molecule has 25 heavy (non-hydrogen) atoms. The van der Waals surface area contributed by atoms with E-state index in [0.29, 0.717) is 6.54 Å². The molecule has 1 aromatic heterocycles. The van der Waals surface area contributed by atoms with Crippen LogP contribution in [-0.2, 0) is 19.5 Å². The molecule has 134 valence electrons. The highest BCUT2D eigenvalue weighted by Gasteiger charge is 2.16. The first kappa shape index (κ1) is 17.9. The number of hydrogen-bond donors (Lipinski definition) is 2. The van der Waals surface area contributed by atoms with Gasteiger partial charge in [0.15, 0.2) is 5.96 Å². The maximum absolute atomic E-state index is 13.0. The Labute approximate surface area is 152 Å². The van der Waals surface area contributed by atoms with Crippen molar-refractivity contribution in [1.82, 2.24) is 15.5 Å². The van der Waals surface area contributed by atoms with Crippen molar-refractivity contribution in [3.8, 4) is 0 Å². The molecule has 1 aliphatic heterocycles. The lowest BCUT2D eigenvalue weighted by molar-refractivity contribution is 0.260. The van der Waals surface area contributed by atoms with Crippen molar-refractivity contribution < 1.29 is 4.39 Å². The minimum atomic E-state index is -0.215. The van der Waals surface area contributed by atoms with Crippen LogP contribution in [0.3, 0.4) is 0 Å². The third-order valence-electron chi connectivity index (χ3n) is 4.28. The Morgan fingerprint density at radius 3 is 2.88 bits per heavy atom. The summed E-state index contributed by atoms with van der Waals surface area (Å²) < 4.78 is 13.0. The maximum Gasteiger partial charge on any atom is 0.191 e. The average molecular weight is 361 g/mol. The molecule has 3 rings (SSSR count). The van der Waals surface area contributed by atoms with Crippen LogP contribution in [0, 0.1) is 5.82 Å². The first-order valence-corrected chi connectivity index (χ1v) is 9.67. The second-order valence-electron chi connectivity index (χ2n) is 6.14. The normalized spacial score (nSPS) is 15.0. The van der Waals surface area contributed by atoms with Crippen molar-refractivity contribution in [3.63, 3.8) is 0 Å². The van der Waals surface area contributed by atoms with E-state index in [9.17, 15) is 4.39 Å². The number of nitrogens with one attached hydrogen (secondary N) is 2. The molecule has 0 bridgehead atoms. The van der Waals surface area contributed by atoms with Crippen molar-refractivity contribution in [2.75, 3.05) is 26.2 Å². The molecule has 0 saturated carbocycles. The monoisotopic (exact) mass is 360 g/mol. The summed E-state index contributed by atoms with van der Waals surface area (Å²) in [5.74, 6) is 0.591. The van der Waals surface area contributed by atoms with Crippen molar-refractivity contribution in [2.24, 2.45) is 4.99 Å². The van der Waals surface area contributed by atoms with E-state index >= 15 is 0 Å². The molecule has 0 fully saturated rings. The fraction of sp³-hybridized carbons (Fsp3) is 0.421. The molecular weight excluding hydrogens is 335 g/mol. The van der Waals surface area contributed by atoms with E-state index in [-0.39, 0.29) is 5.82 Å². The van der Waals surface area contributed by atoms with Gasteiger partial charge in [-0.1, -0.05) is 12.1 Å². The van der Waals surface area contributed by atoms with Crippen molar-refractivity contribution in [1.29, 1.82) is 0 Å². The van der Waals surface area contributed by atoms with Gasteiger partial charge in [-0.3, -0.25) is 4.90 Å². The Hall–Kier alpha value is -1.92. The van der Waals surface area contributed by atoms with Crippen molar-refractivity contribution >= 4 is 17.3 Å². The van der Waals surface area contributed by atoms with Gasteiger partial charge in [-0.2, -0.15) is 0 Å². The van der Waals surface area contributed by atoms with E-state index in [1.54, 1.807) is 17.0 Å². The number of halogens is 1. The Balaban J connectivity index is 1.47. The fourth-order valence-electron chi connectivity index (χ4n) is 2.93. The van der Waals surface area contributed by atoms with Gasteiger partial charge in [0, 0.05) is 37.6 Å². The summed E-state index contributed by atoms with van der Waals surface area (Å²) in [7, 11) is 0. The number of thiophene rings is 1. The molecule has 2 heterocycles. The van der Waals surface area contributed by atoms with Crippen LogP contribution in [-0.4, -0.2) is 37.0 Å². The Bertz CT molecular complexity index is 696. The molecule has 6 heteroatoms. The van der Waals surface area contributed by atoms with Gasteiger partial charge >= 0.3 is 0 Å². The summed E-state index contributed by atoms with van der Waals surface area (Å²) in [6, 6.07) is 8.73. The Kier molecular flexibility index (Phi) is 6.42. The van der Waals surface area contributed by atoms with Gasteiger partial charge in [-0.15, -0.1) is 11.3 Å². The molecule has 1 aromatic carbocycles. The summed E-state index contributed by atoms with van der Waals surface area (Å²) in [6.07, 6.45) is 1.16. The highest BCUT2D eigenvalue weighted by atomic mass is 32.1. The van der Waals surface area contributed by atoms with Crippen LogP contribution in [0.1, 0.15) is 22.9 Å². The smallest absolute Gasteiger partial charge is 0.191 e. The first-order valence-electron chi connectivity index (χ1n) is 8.79. The topological polar surface area (TPSA) is 39.7 Å². The Morgan fingerprint density at radius 2 is 2.08 bits per heavy atom. The number of rotatable bonds is 6. The number of guanidine groups is 1. The second-order valence-corrected chi connectivity index (χ2v) is 7.14. The average Bonchev–Trinajstić information content (AvgIpc) is 3.09. The predicted octanol–water partition coefficient (Wildman–Crippen LogP) is 3.00. The lowest BCUT2D eigenvalue weighted by atomic mass is 10.1. The molecule has 2 N–H and O–H groups in total. The van der Waals surface area contributed by atoms with Gasteiger partial charge in [0.2, 0.25) is 0 Å². The van der Waals surface area contributed by atoms with Crippen molar-refractivity contribution in [3.05, 3.63) is 57.5 Å². The van der Waals surface area contributed by atoms with Crippen LogP contribution < -0.4 is 10.6 Å². The van der Waals surface area contributed by atoms with Gasteiger partial charge in [-0.05, 0) is 48.1 Å². The van der Waals surface area contributed by atoms with Gasteiger partial charge in [0.1, 0.15) is 5.82 Å². The third kappa shape index (κ3) is 5.28. The van der Waals surface area contributed by atoms with Crippen LogP contribution >= 0.6 is 11.3 Å². The molecular formula is C19H25FN4S. The number of benzene rings is 1. The van der Waals surface area contributed by atoms with Gasteiger partial charge in [0.25, 0.3) is 0 Å². The van der Waals surface area contributed by atoms with Gasteiger partial charge in [0.05, 0.1) is 6.54 Å². The van der Waals surface area contributed by atoms with Gasteiger partial charge < -0.3 is 10.6 Å². The molecule has 4 nitrogen and oxygen atoms in total. The second kappa shape index (κ2) is 8.97. The minimum Gasteiger partial charge on any atom is -0.357 e. The van der Waals surface area contributed by atoms with Crippen LogP contribution in [0.2, 0.25) is 0 Å². The summed E-state index contributed by atoms with van der Waals surface area (Å²) in [4.78, 5) is 8.60. The van der Waals surface area contributed by atoms with Crippen LogP contribution in [0.4, 0.5) is 4.39 Å². The number of aliphatic imine (C=N–C) groups is 1. The quantitative estimate of drug-likeness (QED) is 0.614. The van der Waals surface area contributed by atoms with Crippen LogP contribution in [0.25, 0.3) is 0 Å². The highest BCUT2D eigenvalue weighted by molar-refractivity contribution is 7.10. The van der Waals surface area contributed by atoms with E-state index in [1.807, 2.05) is 11.3 Å². The SMILES string of the molecule is CCNC(=NCc1ccc(F)cc1)NCCN1CCc2sccc2C1. The molecule has 0 aliphatic carbocycles. The number of nitrogens with zero attached hydrogens (tertiary/aromatic N) is 2. The highest BCUT2D eigenvalue weighted by Crippen LogP contribution is 2.23.